The topological polar surface area (TPSA) is 43.1 Å². The van der Waals surface area contributed by atoms with E-state index in [1.165, 1.54) is 72.0 Å². The van der Waals surface area contributed by atoms with E-state index in [1.807, 2.05) is 12.1 Å². The average Bonchev–Trinajstić information content (AvgIpc) is 2.96. The predicted octanol–water partition coefficient (Wildman–Crippen LogP) is 8.70. The molecule has 4 rings (SSSR count). The smallest absolute Gasteiger partial charge is 0.258 e. The molecule has 0 spiro atoms. The van der Waals surface area contributed by atoms with E-state index in [9.17, 15) is 10.1 Å². The van der Waals surface area contributed by atoms with E-state index in [1.54, 1.807) is 12.1 Å². The van der Waals surface area contributed by atoms with Gasteiger partial charge in [-0.05, 0) is 65.5 Å². The SMILES string of the molecule is CCCCCCCCCCc1c(-c2ccc([N+](=O)[O-])cc2)cccc1P(c1ccccc1)c1ccccc1. The van der Waals surface area contributed by atoms with Crippen molar-refractivity contribution < 1.29 is 4.92 Å². The number of hydrogen-bond acceptors (Lipinski definition) is 2. The Morgan fingerprint density at radius 1 is 0.632 bits per heavy atom. The molecule has 0 amide bonds. The molecule has 0 aliphatic rings. The minimum atomic E-state index is -0.733. The van der Waals surface area contributed by atoms with Gasteiger partial charge in [-0.3, -0.25) is 10.1 Å². The van der Waals surface area contributed by atoms with Gasteiger partial charge in [-0.25, -0.2) is 0 Å². The second-order valence-corrected chi connectivity index (χ2v) is 12.0. The summed E-state index contributed by atoms with van der Waals surface area (Å²) in [6.07, 6.45) is 11.3. The maximum absolute atomic E-state index is 11.3. The third kappa shape index (κ3) is 7.39. The van der Waals surface area contributed by atoms with Gasteiger partial charge in [-0.2, -0.15) is 0 Å². The summed E-state index contributed by atoms with van der Waals surface area (Å²) in [5.74, 6) is 0. The molecule has 0 fully saturated rings. The summed E-state index contributed by atoms with van der Waals surface area (Å²) in [6, 6.07) is 35.4. The Kier molecular flexibility index (Phi) is 10.7. The largest absolute Gasteiger partial charge is 0.269 e. The third-order valence-corrected chi connectivity index (χ3v) is 9.62. The van der Waals surface area contributed by atoms with Gasteiger partial charge in [-0.15, -0.1) is 0 Å². The highest BCUT2D eigenvalue weighted by atomic mass is 31.1. The Labute approximate surface area is 228 Å². The molecule has 4 heteroatoms. The van der Waals surface area contributed by atoms with Crippen LogP contribution in [0.1, 0.15) is 63.9 Å². The number of nitro benzene ring substituents is 1. The molecule has 0 aliphatic heterocycles. The Balaban J connectivity index is 1.70. The lowest BCUT2D eigenvalue weighted by molar-refractivity contribution is -0.384. The van der Waals surface area contributed by atoms with Gasteiger partial charge in [0.15, 0.2) is 0 Å². The fourth-order valence-electron chi connectivity index (χ4n) is 5.10. The van der Waals surface area contributed by atoms with Crippen LogP contribution in [0.25, 0.3) is 11.1 Å². The first-order chi connectivity index (χ1) is 18.7. The Morgan fingerprint density at radius 3 is 1.74 bits per heavy atom. The standard InChI is InChI=1S/C34H38NO2P/c1-2-3-4-5-6-7-8-15-21-33-32(28-24-26-29(27-25-28)35(36)37)22-16-23-34(33)38(30-17-11-9-12-18-30)31-19-13-10-14-20-31/h9-14,16-20,22-27H,2-8,15,21H2,1H3. The van der Waals surface area contributed by atoms with Gasteiger partial charge in [-0.1, -0.05) is 131 Å². The van der Waals surface area contributed by atoms with Crippen LogP contribution >= 0.6 is 7.92 Å². The number of nitrogens with zero attached hydrogens (tertiary/aromatic N) is 1. The highest BCUT2D eigenvalue weighted by molar-refractivity contribution is 7.79. The summed E-state index contributed by atoms with van der Waals surface area (Å²) in [6.45, 7) is 2.26. The molecule has 196 valence electrons. The van der Waals surface area contributed by atoms with Crippen molar-refractivity contribution in [2.45, 2.75) is 64.7 Å². The Hall–Kier alpha value is -3.29. The van der Waals surface area contributed by atoms with Crippen LogP contribution in [0.2, 0.25) is 0 Å². The minimum Gasteiger partial charge on any atom is -0.258 e. The van der Waals surface area contributed by atoms with E-state index >= 15 is 0 Å². The fourth-order valence-corrected chi connectivity index (χ4v) is 7.63. The average molecular weight is 524 g/mol. The Bertz CT molecular complexity index is 1230. The first kappa shape index (κ1) is 27.7. The van der Waals surface area contributed by atoms with Crippen molar-refractivity contribution in [3.8, 4) is 11.1 Å². The molecule has 38 heavy (non-hydrogen) atoms. The van der Waals surface area contributed by atoms with Crippen LogP contribution in [0.5, 0.6) is 0 Å². The van der Waals surface area contributed by atoms with Gasteiger partial charge in [0.25, 0.3) is 5.69 Å². The van der Waals surface area contributed by atoms with E-state index in [0.29, 0.717) is 0 Å². The molecule has 0 saturated carbocycles. The van der Waals surface area contributed by atoms with Crippen molar-refractivity contribution in [2.75, 3.05) is 0 Å². The zero-order chi connectivity index (χ0) is 26.6. The van der Waals surface area contributed by atoms with Crippen LogP contribution in [-0.4, -0.2) is 4.92 Å². The van der Waals surface area contributed by atoms with Gasteiger partial charge in [0.2, 0.25) is 0 Å². The number of hydrogen-bond donors (Lipinski definition) is 0. The van der Waals surface area contributed by atoms with Crippen molar-refractivity contribution >= 4 is 29.5 Å². The fraction of sp³-hybridized carbons (Fsp3) is 0.294. The molecule has 0 saturated heterocycles. The third-order valence-electron chi connectivity index (χ3n) is 7.09. The highest BCUT2D eigenvalue weighted by Crippen LogP contribution is 2.38. The zero-order valence-corrected chi connectivity index (χ0v) is 23.3. The second kappa shape index (κ2) is 14.6. The van der Waals surface area contributed by atoms with E-state index in [4.69, 9.17) is 0 Å². The van der Waals surface area contributed by atoms with E-state index < -0.39 is 7.92 Å². The molecule has 4 aromatic carbocycles. The molecule has 0 heterocycles. The maximum atomic E-state index is 11.3. The molecule has 0 N–H and O–H groups in total. The van der Waals surface area contributed by atoms with Crippen LogP contribution in [0.4, 0.5) is 5.69 Å². The van der Waals surface area contributed by atoms with Crippen molar-refractivity contribution in [2.24, 2.45) is 0 Å². The minimum absolute atomic E-state index is 0.130. The van der Waals surface area contributed by atoms with Crippen molar-refractivity contribution in [3.63, 3.8) is 0 Å². The molecular formula is C34H38NO2P. The quantitative estimate of drug-likeness (QED) is 0.0718. The van der Waals surface area contributed by atoms with Gasteiger partial charge >= 0.3 is 0 Å². The molecule has 0 radical (unpaired) electrons. The van der Waals surface area contributed by atoms with Gasteiger partial charge in [0.05, 0.1) is 4.92 Å². The lowest BCUT2D eigenvalue weighted by atomic mass is 9.95. The predicted molar refractivity (Wildman–Crippen MR) is 164 cm³/mol. The number of benzene rings is 4. The summed E-state index contributed by atoms with van der Waals surface area (Å²) in [7, 11) is -0.733. The van der Waals surface area contributed by atoms with Crippen LogP contribution in [-0.2, 0) is 6.42 Å². The summed E-state index contributed by atoms with van der Waals surface area (Å²) in [5, 5.41) is 15.3. The highest BCUT2D eigenvalue weighted by Gasteiger charge is 2.21. The maximum Gasteiger partial charge on any atom is 0.269 e. The van der Waals surface area contributed by atoms with Gasteiger partial charge in [0, 0.05) is 12.1 Å². The summed E-state index contributed by atoms with van der Waals surface area (Å²) in [4.78, 5) is 10.9. The number of unbranched alkanes of at least 4 members (excludes halogenated alkanes) is 7. The molecule has 0 bridgehead atoms. The molecule has 0 unspecified atom stereocenters. The monoisotopic (exact) mass is 523 g/mol. The van der Waals surface area contributed by atoms with Crippen LogP contribution in [0.15, 0.2) is 103 Å². The Morgan fingerprint density at radius 2 is 1.18 bits per heavy atom. The lowest BCUT2D eigenvalue weighted by Gasteiger charge is -2.24. The first-order valence-corrected chi connectivity index (χ1v) is 15.3. The van der Waals surface area contributed by atoms with Crippen molar-refractivity contribution in [1.29, 1.82) is 0 Å². The molecule has 0 atom stereocenters. The van der Waals surface area contributed by atoms with Crippen LogP contribution in [0.3, 0.4) is 0 Å². The molecule has 4 aromatic rings. The van der Waals surface area contributed by atoms with Crippen LogP contribution < -0.4 is 15.9 Å². The van der Waals surface area contributed by atoms with Gasteiger partial charge in [0.1, 0.15) is 0 Å². The van der Waals surface area contributed by atoms with E-state index in [2.05, 4.69) is 85.8 Å². The normalized spacial score (nSPS) is 11.1. The summed E-state index contributed by atoms with van der Waals surface area (Å²) in [5.41, 5.74) is 3.75. The van der Waals surface area contributed by atoms with E-state index in [-0.39, 0.29) is 10.6 Å². The second-order valence-electron chi connectivity index (χ2n) is 9.84. The zero-order valence-electron chi connectivity index (χ0n) is 22.4. The first-order valence-electron chi connectivity index (χ1n) is 14.0. The van der Waals surface area contributed by atoms with Crippen molar-refractivity contribution in [3.05, 3.63) is 119 Å². The van der Waals surface area contributed by atoms with Crippen molar-refractivity contribution in [1.82, 2.24) is 0 Å². The summed E-state index contributed by atoms with van der Waals surface area (Å²) >= 11 is 0. The molecular weight excluding hydrogens is 485 g/mol. The van der Waals surface area contributed by atoms with Gasteiger partial charge < -0.3 is 0 Å². The summed E-state index contributed by atoms with van der Waals surface area (Å²) < 4.78 is 0. The van der Waals surface area contributed by atoms with E-state index in [0.717, 1.165) is 18.4 Å². The number of rotatable bonds is 14. The molecule has 0 aromatic heterocycles. The number of non-ortho nitro benzene ring substituents is 1. The lowest BCUT2D eigenvalue weighted by Crippen LogP contribution is -2.24. The number of nitro groups is 1. The molecule has 0 aliphatic carbocycles. The van der Waals surface area contributed by atoms with Crippen LogP contribution in [0, 0.1) is 10.1 Å². The molecule has 3 nitrogen and oxygen atoms in total.